The largest absolute Gasteiger partial charge is 0.481 e. The molecule has 0 aromatic carbocycles. The van der Waals surface area contributed by atoms with Crippen LogP contribution in [-0.2, 0) is 18.7 Å². The first-order chi connectivity index (χ1) is 7.77. The zero-order valence-corrected chi connectivity index (χ0v) is 11.0. The van der Waals surface area contributed by atoms with Gasteiger partial charge in [-0.1, -0.05) is 0 Å². The molecule has 0 aromatic heterocycles. The summed E-state index contributed by atoms with van der Waals surface area (Å²) >= 11 is 0. The molecule has 0 rings (SSSR count). The molecule has 0 aliphatic carbocycles. The van der Waals surface area contributed by atoms with E-state index in [4.69, 9.17) is 29.8 Å². The highest BCUT2D eigenvalue weighted by Crippen LogP contribution is 2.40. The van der Waals surface area contributed by atoms with Crippen LogP contribution in [0.3, 0.4) is 0 Å². The second kappa shape index (κ2) is 7.63. The summed E-state index contributed by atoms with van der Waals surface area (Å²) in [7, 11) is -8.51. The highest BCUT2D eigenvalue weighted by molar-refractivity contribution is 7.53. The average Bonchev–Trinajstić information content (AvgIpc) is 2.12. The quantitative estimate of drug-likeness (QED) is 0.353. The van der Waals surface area contributed by atoms with Crippen molar-refractivity contribution in [2.75, 3.05) is 6.16 Å². The van der Waals surface area contributed by atoms with Gasteiger partial charge in [0.1, 0.15) is 0 Å². The van der Waals surface area contributed by atoms with Crippen molar-refractivity contribution in [1.82, 2.24) is 0 Å². The summed E-state index contributed by atoms with van der Waals surface area (Å²) in [6, 6.07) is 0. The molecule has 0 fully saturated rings. The van der Waals surface area contributed by atoms with Crippen molar-refractivity contribution in [1.29, 1.82) is 0 Å². The molecule has 1 unspecified atom stereocenters. The van der Waals surface area contributed by atoms with E-state index in [0.717, 1.165) is 6.92 Å². The normalized spacial score (nSPS) is 13.2. The van der Waals surface area contributed by atoms with Gasteiger partial charge in [-0.3, -0.25) is 18.7 Å². The molecular formula is C6H14O10P2. The maximum absolute atomic E-state index is 10.1. The molecule has 0 spiro atoms. The summed E-state index contributed by atoms with van der Waals surface area (Å²) in [5.41, 5.74) is -1.60. The van der Waals surface area contributed by atoms with Crippen LogP contribution in [0.25, 0.3) is 0 Å². The van der Waals surface area contributed by atoms with Gasteiger partial charge in [-0.15, -0.1) is 0 Å². The Kier molecular flexibility index (Phi) is 8.29. The van der Waals surface area contributed by atoms with E-state index in [1.807, 2.05) is 0 Å². The number of carbonyl (C=O) groups is 2. The van der Waals surface area contributed by atoms with Gasteiger partial charge in [-0.2, -0.15) is 0 Å². The second-order valence-corrected chi connectivity index (χ2v) is 6.86. The van der Waals surface area contributed by atoms with E-state index in [1.54, 1.807) is 0 Å². The fraction of sp³-hybridized carbons (Fsp3) is 0.667. The lowest BCUT2D eigenvalue weighted by Gasteiger charge is -2.06. The van der Waals surface area contributed by atoms with Gasteiger partial charge in [0.15, 0.2) is 5.66 Å². The Morgan fingerprint density at radius 2 is 1.44 bits per heavy atom. The Balaban J connectivity index is 0. The molecule has 0 heterocycles. The topological polar surface area (TPSA) is 190 Å². The van der Waals surface area contributed by atoms with E-state index >= 15 is 0 Å². The van der Waals surface area contributed by atoms with Crippen LogP contribution in [0.1, 0.15) is 13.3 Å². The minimum atomic E-state index is -4.41. The van der Waals surface area contributed by atoms with E-state index in [-0.39, 0.29) is 0 Å². The smallest absolute Gasteiger partial charge is 0.339 e. The number of hydrogen-bond donors (Lipinski definition) is 6. The molecule has 0 saturated carbocycles. The summed E-state index contributed by atoms with van der Waals surface area (Å²) < 4.78 is 20.1. The number of rotatable bonds is 5. The van der Waals surface area contributed by atoms with Gasteiger partial charge in [0, 0.05) is 0 Å². The van der Waals surface area contributed by atoms with E-state index < -0.39 is 45.4 Å². The van der Waals surface area contributed by atoms with Crippen molar-refractivity contribution >= 4 is 27.1 Å². The SMILES string of the molecule is CC(C(=O)O)P(=O)(O)O.O=C(O)CCP(=O)(O)O. The molecule has 0 aromatic rings. The highest BCUT2D eigenvalue weighted by Gasteiger charge is 2.30. The zero-order valence-electron chi connectivity index (χ0n) is 9.20. The van der Waals surface area contributed by atoms with Crippen molar-refractivity contribution in [3.63, 3.8) is 0 Å². The van der Waals surface area contributed by atoms with Gasteiger partial charge in [-0.05, 0) is 6.92 Å². The predicted octanol–water partition coefficient (Wildman–Crippen LogP) is -0.724. The van der Waals surface area contributed by atoms with Crippen molar-refractivity contribution in [3.05, 3.63) is 0 Å². The molecule has 0 aliphatic rings. The van der Waals surface area contributed by atoms with Gasteiger partial charge in [0.05, 0.1) is 12.6 Å². The fourth-order valence-corrected chi connectivity index (χ4v) is 1.16. The number of carboxylic acids is 2. The number of aliphatic carboxylic acids is 2. The van der Waals surface area contributed by atoms with Gasteiger partial charge in [0.25, 0.3) is 0 Å². The predicted molar refractivity (Wildman–Crippen MR) is 58.3 cm³/mol. The van der Waals surface area contributed by atoms with Crippen molar-refractivity contribution in [3.8, 4) is 0 Å². The summed E-state index contributed by atoms with van der Waals surface area (Å²) in [4.78, 5) is 52.2. The molecule has 12 heteroatoms. The van der Waals surface area contributed by atoms with Crippen LogP contribution in [0.15, 0.2) is 0 Å². The first-order valence-electron chi connectivity index (χ1n) is 4.31. The Bertz CT molecular complexity index is 378. The molecule has 0 bridgehead atoms. The summed E-state index contributed by atoms with van der Waals surface area (Å²) in [5.74, 6) is -2.68. The molecule has 6 N–H and O–H groups in total. The first kappa shape index (κ1) is 19.6. The second-order valence-electron chi connectivity index (χ2n) is 3.14. The lowest BCUT2D eigenvalue weighted by molar-refractivity contribution is -0.137. The monoisotopic (exact) mass is 308 g/mol. The Morgan fingerprint density at radius 1 is 1.06 bits per heavy atom. The van der Waals surface area contributed by atoms with E-state index in [9.17, 15) is 18.7 Å². The lowest BCUT2D eigenvalue weighted by Crippen LogP contribution is -2.15. The molecule has 0 radical (unpaired) electrons. The van der Waals surface area contributed by atoms with Crippen LogP contribution in [0.2, 0.25) is 0 Å². The minimum absolute atomic E-state index is 0.482. The molecule has 0 saturated heterocycles. The van der Waals surface area contributed by atoms with E-state index in [1.165, 1.54) is 0 Å². The van der Waals surface area contributed by atoms with Crippen LogP contribution >= 0.6 is 15.2 Å². The molecule has 108 valence electrons. The molecule has 0 aliphatic heterocycles. The minimum Gasteiger partial charge on any atom is -0.481 e. The number of carboxylic acid groups (broad SMARTS) is 2. The van der Waals surface area contributed by atoms with Crippen LogP contribution in [-0.4, -0.2) is 53.5 Å². The summed E-state index contributed by atoms with van der Waals surface area (Å²) in [6.07, 6.45) is -1.06. The maximum Gasteiger partial charge on any atom is 0.339 e. The average molecular weight is 308 g/mol. The van der Waals surface area contributed by atoms with Gasteiger partial charge in [0.2, 0.25) is 0 Å². The van der Waals surface area contributed by atoms with Gasteiger partial charge < -0.3 is 29.8 Å². The van der Waals surface area contributed by atoms with Crippen LogP contribution < -0.4 is 0 Å². The Morgan fingerprint density at radius 3 is 1.50 bits per heavy atom. The standard InChI is InChI=1S/2C3H7O5P/c1-2(3(4)5)9(6,7)8;4-3(5)1-2-9(6,7)8/h2H,1H3,(H,4,5)(H2,6,7,8);1-2H2,(H,4,5)(H2,6,7,8). The van der Waals surface area contributed by atoms with Crippen LogP contribution in [0.4, 0.5) is 0 Å². The van der Waals surface area contributed by atoms with E-state index in [2.05, 4.69) is 0 Å². The molecular weight excluding hydrogens is 294 g/mol. The van der Waals surface area contributed by atoms with Crippen LogP contribution in [0.5, 0.6) is 0 Å². The van der Waals surface area contributed by atoms with Gasteiger partial charge in [-0.25, -0.2) is 0 Å². The van der Waals surface area contributed by atoms with Gasteiger partial charge >= 0.3 is 27.1 Å². The molecule has 0 amide bonds. The van der Waals surface area contributed by atoms with Crippen LogP contribution in [0, 0.1) is 0 Å². The molecule has 18 heavy (non-hydrogen) atoms. The van der Waals surface area contributed by atoms with Crippen molar-refractivity contribution in [2.45, 2.75) is 19.0 Å². The summed E-state index contributed by atoms with van der Waals surface area (Å²) in [6.45, 7) is 0.961. The van der Waals surface area contributed by atoms with Crippen molar-refractivity contribution in [2.24, 2.45) is 0 Å². The summed E-state index contributed by atoms with van der Waals surface area (Å²) in [5, 5.41) is 16.0. The third kappa shape index (κ3) is 13.3. The van der Waals surface area contributed by atoms with E-state index in [0.29, 0.717) is 0 Å². The third-order valence-electron chi connectivity index (χ3n) is 1.48. The fourth-order valence-electron chi connectivity index (χ4n) is 0.385. The lowest BCUT2D eigenvalue weighted by atomic mass is 10.5. The highest BCUT2D eigenvalue weighted by atomic mass is 31.2. The Labute approximate surface area is 102 Å². The Hall–Kier alpha value is -0.760. The van der Waals surface area contributed by atoms with Crippen molar-refractivity contribution < 1.29 is 48.5 Å². The zero-order chi connectivity index (χ0) is 15.1. The number of hydrogen-bond acceptors (Lipinski definition) is 4. The third-order valence-corrected chi connectivity index (χ3v) is 3.51. The maximum atomic E-state index is 10.1. The molecule has 1 atom stereocenters. The first-order valence-corrected chi connectivity index (χ1v) is 7.79. The molecule has 10 nitrogen and oxygen atoms in total.